The SMILES string of the molecule is CCCc1scc(C(=O)NCc2c(C)cc(C)[nH]c2=O)c1C. The monoisotopic (exact) mass is 318 g/mol. The number of pyridine rings is 1. The van der Waals surface area contributed by atoms with Crippen LogP contribution in [0.1, 0.15) is 51.0 Å². The molecule has 0 spiro atoms. The average molecular weight is 318 g/mol. The van der Waals surface area contributed by atoms with Crippen LogP contribution in [-0.2, 0) is 13.0 Å². The minimum Gasteiger partial charge on any atom is -0.348 e. The van der Waals surface area contributed by atoms with Crippen LogP contribution in [0.3, 0.4) is 0 Å². The maximum atomic E-state index is 12.3. The fraction of sp³-hybridized carbons (Fsp3) is 0.412. The summed E-state index contributed by atoms with van der Waals surface area (Å²) in [6.07, 6.45) is 2.07. The van der Waals surface area contributed by atoms with Crippen LogP contribution in [0.25, 0.3) is 0 Å². The van der Waals surface area contributed by atoms with Crippen molar-refractivity contribution in [3.8, 4) is 0 Å². The Morgan fingerprint density at radius 1 is 1.32 bits per heavy atom. The van der Waals surface area contributed by atoms with Gasteiger partial charge in [-0.25, -0.2) is 0 Å². The molecule has 0 aromatic carbocycles. The second-order valence-electron chi connectivity index (χ2n) is 5.57. The highest BCUT2D eigenvalue weighted by atomic mass is 32.1. The molecule has 5 heteroatoms. The number of carbonyl (C=O) groups is 1. The second kappa shape index (κ2) is 6.92. The maximum absolute atomic E-state index is 12.3. The van der Waals surface area contributed by atoms with Crippen molar-refractivity contribution in [1.29, 1.82) is 0 Å². The smallest absolute Gasteiger partial charge is 0.253 e. The molecule has 1 amide bonds. The van der Waals surface area contributed by atoms with E-state index in [-0.39, 0.29) is 18.0 Å². The fourth-order valence-corrected chi connectivity index (χ4v) is 3.67. The molecule has 118 valence electrons. The van der Waals surface area contributed by atoms with Crippen molar-refractivity contribution in [2.45, 2.75) is 47.1 Å². The van der Waals surface area contributed by atoms with Crippen LogP contribution in [0.15, 0.2) is 16.2 Å². The molecule has 2 N–H and O–H groups in total. The number of aryl methyl sites for hydroxylation is 3. The molecule has 4 nitrogen and oxygen atoms in total. The van der Waals surface area contributed by atoms with Crippen molar-refractivity contribution in [2.75, 3.05) is 0 Å². The number of hydrogen-bond acceptors (Lipinski definition) is 3. The summed E-state index contributed by atoms with van der Waals surface area (Å²) in [4.78, 5) is 28.3. The van der Waals surface area contributed by atoms with Gasteiger partial charge in [0.1, 0.15) is 0 Å². The van der Waals surface area contributed by atoms with E-state index in [1.807, 2.05) is 32.2 Å². The minimum atomic E-state index is -0.133. The van der Waals surface area contributed by atoms with Gasteiger partial charge in [-0.2, -0.15) is 0 Å². The van der Waals surface area contributed by atoms with Gasteiger partial charge in [-0.15, -0.1) is 11.3 Å². The molecule has 2 rings (SSSR count). The second-order valence-corrected chi connectivity index (χ2v) is 6.54. The normalized spacial score (nSPS) is 10.7. The van der Waals surface area contributed by atoms with Crippen molar-refractivity contribution in [1.82, 2.24) is 10.3 Å². The van der Waals surface area contributed by atoms with Crippen LogP contribution in [0.2, 0.25) is 0 Å². The highest BCUT2D eigenvalue weighted by Crippen LogP contribution is 2.23. The number of rotatable bonds is 5. The Kier molecular flexibility index (Phi) is 5.19. The lowest BCUT2D eigenvalue weighted by molar-refractivity contribution is 0.0950. The third-order valence-corrected chi connectivity index (χ3v) is 4.93. The summed E-state index contributed by atoms with van der Waals surface area (Å²) in [6.45, 7) is 8.10. The summed E-state index contributed by atoms with van der Waals surface area (Å²) in [5.74, 6) is -0.115. The number of carbonyl (C=O) groups excluding carboxylic acids is 1. The molecule has 0 aliphatic carbocycles. The van der Waals surface area contributed by atoms with Crippen LogP contribution in [-0.4, -0.2) is 10.9 Å². The van der Waals surface area contributed by atoms with Crippen molar-refractivity contribution in [3.63, 3.8) is 0 Å². The molecule has 0 aliphatic rings. The van der Waals surface area contributed by atoms with E-state index >= 15 is 0 Å². The molecule has 0 bridgehead atoms. The Hall–Kier alpha value is -1.88. The number of H-pyrrole nitrogens is 1. The zero-order valence-corrected chi connectivity index (χ0v) is 14.3. The molecule has 0 fully saturated rings. The van der Waals surface area contributed by atoms with Gasteiger partial charge in [0.15, 0.2) is 0 Å². The predicted molar refractivity (Wildman–Crippen MR) is 90.8 cm³/mol. The van der Waals surface area contributed by atoms with Gasteiger partial charge in [0, 0.05) is 28.1 Å². The van der Waals surface area contributed by atoms with Gasteiger partial charge in [-0.3, -0.25) is 9.59 Å². The number of amides is 1. The van der Waals surface area contributed by atoms with Crippen molar-refractivity contribution < 1.29 is 4.79 Å². The van der Waals surface area contributed by atoms with E-state index in [0.29, 0.717) is 5.56 Å². The van der Waals surface area contributed by atoms with Crippen LogP contribution >= 0.6 is 11.3 Å². The Bertz CT molecular complexity index is 744. The van der Waals surface area contributed by atoms with E-state index in [2.05, 4.69) is 17.2 Å². The minimum absolute atomic E-state index is 0.115. The summed E-state index contributed by atoms with van der Waals surface area (Å²) < 4.78 is 0. The van der Waals surface area contributed by atoms with Gasteiger partial charge >= 0.3 is 0 Å². The molecule has 0 atom stereocenters. The van der Waals surface area contributed by atoms with Crippen LogP contribution in [0.5, 0.6) is 0 Å². The zero-order chi connectivity index (χ0) is 16.3. The number of aromatic amines is 1. The number of nitrogens with one attached hydrogen (secondary N) is 2. The third-order valence-electron chi connectivity index (χ3n) is 3.78. The molecule has 0 radical (unpaired) electrons. The van der Waals surface area contributed by atoms with E-state index < -0.39 is 0 Å². The van der Waals surface area contributed by atoms with Gasteiger partial charge < -0.3 is 10.3 Å². The van der Waals surface area contributed by atoms with E-state index in [4.69, 9.17) is 0 Å². The van der Waals surface area contributed by atoms with Gasteiger partial charge in [-0.05, 0) is 44.4 Å². The lowest BCUT2D eigenvalue weighted by Gasteiger charge is -2.08. The fourth-order valence-electron chi connectivity index (χ4n) is 2.52. The Morgan fingerprint density at radius 3 is 2.68 bits per heavy atom. The first-order valence-electron chi connectivity index (χ1n) is 7.48. The average Bonchev–Trinajstić information content (AvgIpc) is 2.79. The van der Waals surface area contributed by atoms with E-state index in [1.54, 1.807) is 11.3 Å². The molecule has 0 unspecified atom stereocenters. The Labute approximate surface area is 134 Å². The summed E-state index contributed by atoms with van der Waals surface area (Å²) in [5, 5.41) is 4.77. The zero-order valence-electron chi connectivity index (χ0n) is 13.5. The van der Waals surface area contributed by atoms with Gasteiger partial charge in [0.2, 0.25) is 0 Å². The lowest BCUT2D eigenvalue weighted by atomic mass is 10.1. The summed E-state index contributed by atoms with van der Waals surface area (Å²) in [5.41, 5.74) is 3.98. The molecule has 0 saturated heterocycles. The first-order chi connectivity index (χ1) is 10.4. The van der Waals surface area contributed by atoms with Crippen molar-refractivity contribution in [2.24, 2.45) is 0 Å². The van der Waals surface area contributed by atoms with E-state index in [9.17, 15) is 9.59 Å². The largest absolute Gasteiger partial charge is 0.348 e. The van der Waals surface area contributed by atoms with Crippen molar-refractivity contribution in [3.05, 3.63) is 54.6 Å². The summed E-state index contributed by atoms with van der Waals surface area (Å²) >= 11 is 1.63. The molecule has 0 saturated carbocycles. The molecule has 2 aromatic heterocycles. The number of thiophene rings is 1. The molecule has 0 aliphatic heterocycles. The predicted octanol–water partition coefficient (Wildman–Crippen LogP) is 3.24. The maximum Gasteiger partial charge on any atom is 0.253 e. The van der Waals surface area contributed by atoms with Gasteiger partial charge in [0.05, 0.1) is 5.56 Å². The quantitative estimate of drug-likeness (QED) is 0.889. The molecule has 2 heterocycles. The van der Waals surface area contributed by atoms with Gasteiger partial charge in [-0.1, -0.05) is 13.3 Å². The topological polar surface area (TPSA) is 62.0 Å². The Morgan fingerprint density at radius 2 is 2.05 bits per heavy atom. The Balaban J connectivity index is 2.12. The first kappa shape index (κ1) is 16.5. The van der Waals surface area contributed by atoms with E-state index in [1.165, 1.54) is 4.88 Å². The van der Waals surface area contributed by atoms with Crippen LogP contribution in [0.4, 0.5) is 0 Å². The summed E-state index contributed by atoms with van der Waals surface area (Å²) in [7, 11) is 0. The van der Waals surface area contributed by atoms with Crippen LogP contribution < -0.4 is 10.9 Å². The standard InChI is InChI=1S/C17H22N2O2S/c1-5-6-15-12(4)14(9-22-15)16(20)18-8-13-10(2)7-11(3)19-17(13)21/h7,9H,5-6,8H2,1-4H3,(H,18,20)(H,19,21). The lowest BCUT2D eigenvalue weighted by Crippen LogP contribution is -2.28. The number of aromatic nitrogens is 1. The highest BCUT2D eigenvalue weighted by Gasteiger charge is 2.15. The summed E-state index contributed by atoms with van der Waals surface area (Å²) in [6, 6.07) is 1.91. The number of hydrogen-bond donors (Lipinski definition) is 2. The van der Waals surface area contributed by atoms with Gasteiger partial charge in [0.25, 0.3) is 11.5 Å². The van der Waals surface area contributed by atoms with E-state index in [0.717, 1.165) is 35.2 Å². The molecule has 22 heavy (non-hydrogen) atoms. The van der Waals surface area contributed by atoms with Crippen LogP contribution in [0, 0.1) is 20.8 Å². The molecule has 2 aromatic rings. The molecular formula is C17H22N2O2S. The van der Waals surface area contributed by atoms with Crippen molar-refractivity contribution >= 4 is 17.2 Å². The third kappa shape index (κ3) is 3.47. The first-order valence-corrected chi connectivity index (χ1v) is 8.36. The highest BCUT2D eigenvalue weighted by molar-refractivity contribution is 7.10. The molecular weight excluding hydrogens is 296 g/mol.